The largest absolute Gasteiger partial charge is 0.381 e. The lowest BCUT2D eigenvalue weighted by Gasteiger charge is -2.27. The first kappa shape index (κ1) is 20.6. The SMILES string of the molecule is Cc1[nH]c(C(=O)NC(CC2CCOCC2)c2ccccc2)c(C)c1S(N)(=O)=O. The van der Waals surface area contributed by atoms with Crippen LogP contribution in [0.2, 0.25) is 0 Å². The molecule has 8 heteroatoms. The van der Waals surface area contributed by atoms with Gasteiger partial charge in [-0.25, -0.2) is 13.6 Å². The van der Waals surface area contributed by atoms with Gasteiger partial charge in [-0.05, 0) is 50.2 Å². The van der Waals surface area contributed by atoms with Gasteiger partial charge in [0.2, 0.25) is 10.0 Å². The number of carbonyl (C=O) groups is 1. The summed E-state index contributed by atoms with van der Waals surface area (Å²) in [4.78, 5) is 15.9. The molecule has 1 saturated heterocycles. The molecule has 0 bridgehead atoms. The number of H-pyrrole nitrogens is 1. The number of ether oxygens (including phenoxy) is 1. The number of hydrogen-bond donors (Lipinski definition) is 3. The Kier molecular flexibility index (Phi) is 6.22. The molecule has 4 N–H and O–H groups in total. The van der Waals surface area contributed by atoms with Gasteiger partial charge >= 0.3 is 0 Å². The van der Waals surface area contributed by atoms with Crippen molar-refractivity contribution >= 4 is 15.9 Å². The number of nitrogens with one attached hydrogen (secondary N) is 2. The molecule has 1 aliphatic heterocycles. The second-order valence-electron chi connectivity index (χ2n) is 7.35. The minimum absolute atomic E-state index is 0.0154. The van der Waals surface area contributed by atoms with Crippen molar-refractivity contribution in [3.63, 3.8) is 0 Å². The summed E-state index contributed by atoms with van der Waals surface area (Å²) in [7, 11) is -3.91. The Bertz CT molecular complexity index is 932. The summed E-state index contributed by atoms with van der Waals surface area (Å²) >= 11 is 0. The molecule has 2 heterocycles. The summed E-state index contributed by atoms with van der Waals surface area (Å²) in [5, 5.41) is 8.38. The van der Waals surface area contributed by atoms with E-state index in [1.807, 2.05) is 30.3 Å². The Balaban J connectivity index is 1.85. The highest BCUT2D eigenvalue weighted by Gasteiger charge is 2.27. The van der Waals surface area contributed by atoms with Gasteiger partial charge < -0.3 is 15.0 Å². The van der Waals surface area contributed by atoms with E-state index in [-0.39, 0.29) is 22.5 Å². The minimum Gasteiger partial charge on any atom is -0.381 e. The van der Waals surface area contributed by atoms with E-state index in [9.17, 15) is 13.2 Å². The topological polar surface area (TPSA) is 114 Å². The number of hydrogen-bond acceptors (Lipinski definition) is 4. The zero-order valence-electron chi connectivity index (χ0n) is 16.2. The van der Waals surface area contributed by atoms with Crippen LogP contribution >= 0.6 is 0 Å². The predicted octanol–water partition coefficient (Wildman–Crippen LogP) is 2.57. The molecule has 1 atom stereocenters. The number of carbonyl (C=O) groups excluding carboxylic acids is 1. The van der Waals surface area contributed by atoms with Crippen molar-refractivity contribution in [2.24, 2.45) is 11.1 Å². The molecule has 2 aromatic rings. The molecule has 0 aliphatic carbocycles. The van der Waals surface area contributed by atoms with Crippen LogP contribution in [0, 0.1) is 19.8 Å². The lowest BCUT2D eigenvalue weighted by Crippen LogP contribution is -2.32. The molecular weight excluding hydrogens is 378 g/mol. The molecule has 3 rings (SSSR count). The van der Waals surface area contributed by atoms with Crippen molar-refractivity contribution in [2.45, 2.75) is 44.0 Å². The summed E-state index contributed by atoms with van der Waals surface area (Å²) in [6.45, 7) is 4.67. The predicted molar refractivity (Wildman–Crippen MR) is 106 cm³/mol. The number of benzene rings is 1. The van der Waals surface area contributed by atoms with Crippen LogP contribution in [0.25, 0.3) is 0 Å². The van der Waals surface area contributed by atoms with Gasteiger partial charge in [0.1, 0.15) is 10.6 Å². The Morgan fingerprint density at radius 2 is 1.89 bits per heavy atom. The van der Waals surface area contributed by atoms with Crippen LogP contribution in [0.3, 0.4) is 0 Å². The molecule has 1 fully saturated rings. The molecular formula is C20H27N3O4S. The molecule has 1 aliphatic rings. The summed E-state index contributed by atoms with van der Waals surface area (Å²) in [6.07, 6.45) is 2.74. The first-order valence-electron chi connectivity index (χ1n) is 9.43. The fraction of sp³-hybridized carbons (Fsp3) is 0.450. The highest BCUT2D eigenvalue weighted by Crippen LogP contribution is 2.29. The van der Waals surface area contributed by atoms with Crippen molar-refractivity contribution < 1.29 is 17.9 Å². The van der Waals surface area contributed by atoms with E-state index in [2.05, 4.69) is 10.3 Å². The van der Waals surface area contributed by atoms with Crippen molar-refractivity contribution in [3.05, 3.63) is 52.8 Å². The molecule has 28 heavy (non-hydrogen) atoms. The Labute approximate surface area is 165 Å². The molecule has 0 radical (unpaired) electrons. The van der Waals surface area contributed by atoms with Crippen LogP contribution in [0.1, 0.15) is 52.6 Å². The molecule has 0 saturated carbocycles. The maximum absolute atomic E-state index is 13.0. The number of amides is 1. The second kappa shape index (κ2) is 8.46. The van der Waals surface area contributed by atoms with Gasteiger partial charge in [0.05, 0.1) is 6.04 Å². The Morgan fingerprint density at radius 3 is 2.46 bits per heavy atom. The number of rotatable bonds is 6. The second-order valence-corrected chi connectivity index (χ2v) is 8.85. The normalized spacial score (nSPS) is 16.7. The number of nitrogens with two attached hydrogens (primary N) is 1. The van der Waals surface area contributed by atoms with Crippen LogP contribution in [-0.4, -0.2) is 32.5 Å². The van der Waals surface area contributed by atoms with Gasteiger partial charge in [0.15, 0.2) is 0 Å². The zero-order valence-corrected chi connectivity index (χ0v) is 17.0. The van der Waals surface area contributed by atoms with Gasteiger partial charge in [-0.1, -0.05) is 30.3 Å². The highest BCUT2D eigenvalue weighted by molar-refractivity contribution is 7.89. The van der Waals surface area contributed by atoms with E-state index >= 15 is 0 Å². The third-order valence-electron chi connectivity index (χ3n) is 5.30. The number of aromatic nitrogens is 1. The fourth-order valence-corrected chi connectivity index (χ4v) is 4.90. The number of primary sulfonamides is 1. The number of aromatic amines is 1. The average molecular weight is 406 g/mol. The standard InChI is InChI=1S/C20H27N3O4S/c1-13-18(22-14(2)19(13)28(21,25)26)20(24)23-17(16-6-4-3-5-7-16)12-15-8-10-27-11-9-15/h3-7,15,17,22H,8-12H2,1-2H3,(H,23,24)(H2,21,25,26). The Morgan fingerprint density at radius 1 is 1.25 bits per heavy atom. The van der Waals surface area contributed by atoms with Crippen LogP contribution in [0.5, 0.6) is 0 Å². The molecule has 152 valence electrons. The van der Waals surface area contributed by atoms with E-state index in [4.69, 9.17) is 9.88 Å². The lowest BCUT2D eigenvalue weighted by molar-refractivity contribution is 0.0597. The average Bonchev–Trinajstić information content (AvgIpc) is 2.97. The van der Waals surface area contributed by atoms with E-state index < -0.39 is 10.0 Å². The first-order chi connectivity index (χ1) is 13.3. The van der Waals surface area contributed by atoms with Gasteiger partial charge in [-0.15, -0.1) is 0 Å². The maximum atomic E-state index is 13.0. The van der Waals surface area contributed by atoms with Crippen LogP contribution in [0.15, 0.2) is 35.2 Å². The van der Waals surface area contributed by atoms with Gasteiger partial charge in [0.25, 0.3) is 5.91 Å². The summed E-state index contributed by atoms with van der Waals surface area (Å²) in [5.41, 5.74) is 1.96. The van der Waals surface area contributed by atoms with Crippen LogP contribution in [0.4, 0.5) is 0 Å². The van der Waals surface area contributed by atoms with Crippen molar-refractivity contribution in [1.29, 1.82) is 0 Å². The number of sulfonamides is 1. The fourth-order valence-electron chi connectivity index (χ4n) is 3.90. The molecule has 0 spiro atoms. The van der Waals surface area contributed by atoms with Crippen LogP contribution in [-0.2, 0) is 14.8 Å². The van der Waals surface area contributed by atoms with Gasteiger partial charge in [0, 0.05) is 18.9 Å². The summed E-state index contributed by atoms with van der Waals surface area (Å²) in [6, 6.07) is 9.65. The number of aryl methyl sites for hydroxylation is 1. The smallest absolute Gasteiger partial charge is 0.268 e. The summed E-state index contributed by atoms with van der Waals surface area (Å²) < 4.78 is 29.1. The van der Waals surface area contributed by atoms with E-state index in [1.165, 1.54) is 0 Å². The van der Waals surface area contributed by atoms with Crippen molar-refractivity contribution in [3.8, 4) is 0 Å². The molecule has 7 nitrogen and oxygen atoms in total. The summed E-state index contributed by atoms with van der Waals surface area (Å²) in [5.74, 6) is 0.127. The quantitative estimate of drug-likeness (QED) is 0.685. The molecule has 1 unspecified atom stereocenters. The maximum Gasteiger partial charge on any atom is 0.268 e. The molecule has 1 aromatic carbocycles. The van der Waals surface area contributed by atoms with E-state index in [1.54, 1.807) is 13.8 Å². The van der Waals surface area contributed by atoms with E-state index in [0.717, 1.165) is 38.0 Å². The third-order valence-corrected chi connectivity index (χ3v) is 6.48. The zero-order chi connectivity index (χ0) is 20.3. The van der Waals surface area contributed by atoms with Crippen molar-refractivity contribution in [2.75, 3.05) is 13.2 Å². The highest BCUT2D eigenvalue weighted by atomic mass is 32.2. The van der Waals surface area contributed by atoms with Crippen molar-refractivity contribution in [1.82, 2.24) is 10.3 Å². The molecule has 1 amide bonds. The monoisotopic (exact) mass is 405 g/mol. The first-order valence-corrected chi connectivity index (χ1v) is 11.0. The molecule has 1 aromatic heterocycles. The third kappa shape index (κ3) is 4.63. The Hall–Kier alpha value is -2.16. The van der Waals surface area contributed by atoms with Gasteiger partial charge in [-0.2, -0.15) is 0 Å². The van der Waals surface area contributed by atoms with E-state index in [0.29, 0.717) is 17.2 Å². The van der Waals surface area contributed by atoms with Gasteiger partial charge in [-0.3, -0.25) is 4.79 Å². The minimum atomic E-state index is -3.91. The lowest BCUT2D eigenvalue weighted by atomic mass is 9.89. The van der Waals surface area contributed by atoms with Crippen LogP contribution < -0.4 is 10.5 Å².